The largest absolute Gasteiger partial charge is 0.356 e. The van der Waals surface area contributed by atoms with Gasteiger partial charge in [0.05, 0.1) is 20.4 Å². The fourth-order valence-corrected chi connectivity index (χ4v) is 4.38. The Labute approximate surface area is 181 Å². The standard InChI is InChI=1S/C20H20N4O4S2/c1-12-17(24(27)28)10-18(30-12)19(26)23-20-22-16(11-29-20)15-7-5-14(6-8-15)4-3-9-21-13(2)25/h5-8,10-11H,3-4,9H2,1-2H3,(H,21,25)(H,22,23,26). The Morgan fingerprint density at radius 2 is 1.97 bits per heavy atom. The predicted molar refractivity (Wildman–Crippen MR) is 118 cm³/mol. The molecule has 0 fully saturated rings. The van der Waals surface area contributed by atoms with Crippen molar-refractivity contribution in [1.82, 2.24) is 10.3 Å². The van der Waals surface area contributed by atoms with Crippen molar-refractivity contribution in [2.45, 2.75) is 26.7 Å². The Kier molecular flexibility index (Phi) is 6.91. The van der Waals surface area contributed by atoms with E-state index in [1.54, 1.807) is 6.92 Å². The average molecular weight is 445 g/mol. The first kappa shape index (κ1) is 21.6. The lowest BCUT2D eigenvalue weighted by Crippen LogP contribution is -2.21. The highest BCUT2D eigenvalue weighted by Crippen LogP contribution is 2.30. The number of thiazole rings is 1. The number of carbonyl (C=O) groups excluding carboxylic acids is 2. The smallest absolute Gasteiger partial charge is 0.283 e. The van der Waals surface area contributed by atoms with Crippen LogP contribution in [0, 0.1) is 17.0 Å². The van der Waals surface area contributed by atoms with Crippen LogP contribution in [0.5, 0.6) is 0 Å². The van der Waals surface area contributed by atoms with E-state index >= 15 is 0 Å². The Bertz CT molecular complexity index is 1070. The fourth-order valence-electron chi connectivity index (χ4n) is 2.79. The van der Waals surface area contributed by atoms with Crippen molar-refractivity contribution in [2.75, 3.05) is 11.9 Å². The molecule has 10 heteroatoms. The number of nitrogens with zero attached hydrogens (tertiary/aromatic N) is 2. The summed E-state index contributed by atoms with van der Waals surface area (Å²) < 4.78 is 0. The van der Waals surface area contributed by atoms with Crippen molar-refractivity contribution in [2.24, 2.45) is 0 Å². The Morgan fingerprint density at radius 3 is 2.60 bits per heavy atom. The Morgan fingerprint density at radius 1 is 1.23 bits per heavy atom. The van der Waals surface area contributed by atoms with E-state index in [1.165, 1.54) is 29.9 Å². The number of thiophene rings is 1. The number of nitro groups is 1. The lowest BCUT2D eigenvalue weighted by Gasteiger charge is -2.04. The van der Waals surface area contributed by atoms with Gasteiger partial charge in [0.1, 0.15) is 0 Å². The molecule has 0 saturated heterocycles. The van der Waals surface area contributed by atoms with Gasteiger partial charge >= 0.3 is 0 Å². The number of hydrogen-bond donors (Lipinski definition) is 2. The van der Waals surface area contributed by atoms with Gasteiger partial charge in [0.2, 0.25) is 5.91 Å². The zero-order valence-electron chi connectivity index (χ0n) is 16.4. The third kappa shape index (κ3) is 5.49. The van der Waals surface area contributed by atoms with Gasteiger partial charge in [-0.3, -0.25) is 25.0 Å². The third-order valence-electron chi connectivity index (χ3n) is 4.30. The first-order valence-electron chi connectivity index (χ1n) is 9.19. The summed E-state index contributed by atoms with van der Waals surface area (Å²) in [6, 6.07) is 9.28. The summed E-state index contributed by atoms with van der Waals surface area (Å²) in [7, 11) is 0. The van der Waals surface area contributed by atoms with Crippen LogP contribution in [0.4, 0.5) is 10.8 Å². The molecule has 0 bridgehead atoms. The maximum absolute atomic E-state index is 12.4. The normalized spacial score (nSPS) is 10.6. The number of nitrogens with one attached hydrogen (secondary N) is 2. The van der Waals surface area contributed by atoms with Crippen molar-refractivity contribution in [3.8, 4) is 11.3 Å². The summed E-state index contributed by atoms with van der Waals surface area (Å²) in [5.41, 5.74) is 2.79. The van der Waals surface area contributed by atoms with E-state index in [1.807, 2.05) is 29.6 Å². The molecule has 30 heavy (non-hydrogen) atoms. The van der Waals surface area contributed by atoms with Crippen molar-refractivity contribution >= 4 is 45.3 Å². The monoisotopic (exact) mass is 444 g/mol. The van der Waals surface area contributed by atoms with Crippen molar-refractivity contribution in [1.29, 1.82) is 0 Å². The molecule has 0 atom stereocenters. The summed E-state index contributed by atoms with van der Waals surface area (Å²) in [6.45, 7) is 3.77. The van der Waals surface area contributed by atoms with Gasteiger partial charge in [0.15, 0.2) is 5.13 Å². The molecule has 2 amide bonds. The minimum atomic E-state index is -0.492. The zero-order chi connectivity index (χ0) is 21.7. The molecule has 1 aromatic carbocycles. The topological polar surface area (TPSA) is 114 Å². The van der Waals surface area contributed by atoms with E-state index in [0.29, 0.717) is 16.6 Å². The summed E-state index contributed by atoms with van der Waals surface area (Å²) >= 11 is 2.38. The molecular formula is C20H20N4O4S2. The van der Waals surface area contributed by atoms with Gasteiger partial charge in [-0.25, -0.2) is 4.98 Å². The van der Waals surface area contributed by atoms with E-state index < -0.39 is 10.8 Å². The zero-order valence-corrected chi connectivity index (χ0v) is 18.1. The molecule has 2 aromatic heterocycles. The molecule has 0 aliphatic heterocycles. The van der Waals surface area contributed by atoms with Gasteiger partial charge in [0, 0.05) is 30.5 Å². The first-order valence-corrected chi connectivity index (χ1v) is 10.9. The van der Waals surface area contributed by atoms with Crippen LogP contribution in [0.3, 0.4) is 0 Å². The van der Waals surface area contributed by atoms with Gasteiger partial charge in [-0.2, -0.15) is 0 Å². The SMILES string of the molecule is CC(=O)NCCCc1ccc(-c2csc(NC(=O)c3cc([N+](=O)[O-])c(C)s3)n2)cc1. The highest BCUT2D eigenvalue weighted by molar-refractivity contribution is 7.15. The number of carbonyl (C=O) groups is 2. The molecule has 3 aromatic rings. The Hall–Kier alpha value is -3.11. The summed E-state index contributed by atoms with van der Waals surface area (Å²) in [4.78, 5) is 38.9. The molecule has 0 radical (unpaired) electrons. The highest BCUT2D eigenvalue weighted by Gasteiger charge is 2.20. The average Bonchev–Trinajstić information content (AvgIpc) is 3.32. The van der Waals surface area contributed by atoms with E-state index in [-0.39, 0.29) is 16.5 Å². The van der Waals surface area contributed by atoms with Crippen molar-refractivity contribution in [3.63, 3.8) is 0 Å². The Balaban J connectivity index is 1.60. The van der Waals surface area contributed by atoms with Gasteiger partial charge in [0.25, 0.3) is 11.6 Å². The van der Waals surface area contributed by atoms with Gasteiger partial charge in [-0.05, 0) is 25.3 Å². The summed E-state index contributed by atoms with van der Waals surface area (Å²) in [5.74, 6) is -0.434. The van der Waals surface area contributed by atoms with E-state index in [4.69, 9.17) is 0 Å². The molecule has 0 saturated carbocycles. The van der Waals surface area contributed by atoms with Crippen LogP contribution >= 0.6 is 22.7 Å². The maximum atomic E-state index is 12.4. The lowest BCUT2D eigenvalue weighted by molar-refractivity contribution is -0.385. The second-order valence-electron chi connectivity index (χ2n) is 6.58. The number of aromatic nitrogens is 1. The number of aryl methyl sites for hydroxylation is 2. The second kappa shape index (κ2) is 9.59. The third-order valence-corrected chi connectivity index (χ3v) is 6.10. The number of anilines is 1. The molecule has 0 spiro atoms. The molecule has 3 rings (SSSR count). The molecule has 2 N–H and O–H groups in total. The van der Waals surface area contributed by atoms with Crippen LogP contribution in [0.1, 0.15) is 33.5 Å². The molecule has 8 nitrogen and oxygen atoms in total. The van der Waals surface area contributed by atoms with Gasteiger partial charge in [-0.1, -0.05) is 24.3 Å². The van der Waals surface area contributed by atoms with Crippen LogP contribution in [-0.4, -0.2) is 28.3 Å². The van der Waals surface area contributed by atoms with Crippen LogP contribution in [0.15, 0.2) is 35.7 Å². The quantitative estimate of drug-likeness (QED) is 0.303. The first-order chi connectivity index (χ1) is 14.3. The number of benzene rings is 1. The fraction of sp³-hybridized carbons (Fsp3) is 0.250. The van der Waals surface area contributed by atoms with Crippen LogP contribution < -0.4 is 10.6 Å². The number of amides is 2. The van der Waals surface area contributed by atoms with Gasteiger partial charge in [-0.15, -0.1) is 22.7 Å². The van der Waals surface area contributed by atoms with Gasteiger partial charge < -0.3 is 5.32 Å². The summed E-state index contributed by atoms with van der Waals surface area (Å²) in [5, 5.41) is 18.7. The maximum Gasteiger partial charge on any atom is 0.283 e. The van der Waals surface area contributed by atoms with Crippen LogP contribution in [0.2, 0.25) is 0 Å². The van der Waals surface area contributed by atoms with Crippen LogP contribution in [-0.2, 0) is 11.2 Å². The number of rotatable bonds is 8. The lowest BCUT2D eigenvalue weighted by atomic mass is 10.1. The predicted octanol–water partition coefficient (Wildman–Crippen LogP) is 4.41. The molecule has 2 heterocycles. The van der Waals surface area contributed by atoms with E-state index in [9.17, 15) is 19.7 Å². The van der Waals surface area contributed by atoms with Crippen molar-refractivity contribution < 1.29 is 14.5 Å². The molecule has 0 unspecified atom stereocenters. The minimum absolute atomic E-state index is 0.0239. The van der Waals surface area contributed by atoms with Crippen LogP contribution in [0.25, 0.3) is 11.3 Å². The number of hydrogen-bond acceptors (Lipinski definition) is 7. The van der Waals surface area contributed by atoms with Crippen molar-refractivity contribution in [3.05, 3.63) is 61.1 Å². The van der Waals surface area contributed by atoms with E-state index in [2.05, 4.69) is 15.6 Å². The highest BCUT2D eigenvalue weighted by atomic mass is 32.1. The molecule has 156 valence electrons. The molecule has 0 aliphatic carbocycles. The minimum Gasteiger partial charge on any atom is -0.356 e. The summed E-state index contributed by atoms with van der Waals surface area (Å²) in [6.07, 6.45) is 1.73. The molecule has 0 aliphatic rings. The molecular weight excluding hydrogens is 424 g/mol. The second-order valence-corrected chi connectivity index (χ2v) is 8.70. The van der Waals surface area contributed by atoms with E-state index in [0.717, 1.165) is 35.4 Å².